The fourth-order valence-electron chi connectivity index (χ4n) is 0.562. The van der Waals surface area contributed by atoms with Crippen LogP contribution >= 0.6 is 0 Å². The third-order valence-corrected chi connectivity index (χ3v) is 1.12. The summed E-state index contributed by atoms with van der Waals surface area (Å²) in [7, 11) is 1.47. The first kappa shape index (κ1) is 7.65. The lowest BCUT2D eigenvalue weighted by Crippen LogP contribution is -1.90. The maximum absolute atomic E-state index is 12.3. The third-order valence-electron chi connectivity index (χ3n) is 1.12. The molecule has 0 aromatic carbocycles. The van der Waals surface area contributed by atoms with Crippen LogP contribution in [0, 0.1) is 0 Å². The van der Waals surface area contributed by atoms with E-state index >= 15 is 0 Å². The van der Waals surface area contributed by atoms with Gasteiger partial charge in [0.25, 0.3) is 0 Å². The maximum Gasteiger partial charge on any atom is 0.232 e. The van der Waals surface area contributed by atoms with Gasteiger partial charge >= 0.3 is 0 Å². The van der Waals surface area contributed by atoms with E-state index in [4.69, 9.17) is 4.74 Å². The molecule has 0 fully saturated rings. The molecule has 0 bridgehead atoms. The molecular weight excluding hydrogens is 147 g/mol. The molecule has 0 aliphatic rings. The highest BCUT2D eigenvalue weighted by Crippen LogP contribution is 2.10. The Bertz CT molecular complexity index is 258. The summed E-state index contributed by atoms with van der Waals surface area (Å²) < 4.78 is 17.1. The van der Waals surface area contributed by atoms with Gasteiger partial charge in [0.1, 0.15) is 11.5 Å². The van der Waals surface area contributed by atoms with Gasteiger partial charge < -0.3 is 4.74 Å². The lowest BCUT2D eigenvalue weighted by molar-refractivity contribution is 0.395. The van der Waals surface area contributed by atoms with Gasteiger partial charge in [-0.3, -0.25) is 0 Å². The van der Waals surface area contributed by atoms with Crippen LogP contribution in [-0.2, 0) is 0 Å². The second-order valence-corrected chi connectivity index (χ2v) is 1.85. The highest BCUT2D eigenvalue weighted by molar-refractivity contribution is 5.50. The topological polar surface area (TPSA) is 35.0 Å². The third kappa shape index (κ3) is 1.73. The van der Waals surface area contributed by atoms with E-state index in [9.17, 15) is 4.39 Å². The zero-order valence-corrected chi connectivity index (χ0v) is 6.04. The van der Waals surface area contributed by atoms with Gasteiger partial charge in [-0.25, -0.2) is 14.4 Å². The van der Waals surface area contributed by atoms with E-state index < -0.39 is 5.83 Å². The predicted molar refractivity (Wildman–Crippen MR) is 38.7 cm³/mol. The van der Waals surface area contributed by atoms with Crippen LogP contribution in [0.3, 0.4) is 0 Å². The standard InChI is InChI=1S/C7H7FN2O/c1-5(8)6-3-10-7(11-2)4-9-6/h3-4H,1H2,2H3. The Morgan fingerprint density at radius 3 is 2.64 bits per heavy atom. The summed E-state index contributed by atoms with van der Waals surface area (Å²) in [6, 6.07) is 0. The molecule has 0 saturated carbocycles. The van der Waals surface area contributed by atoms with Crippen molar-refractivity contribution in [1.29, 1.82) is 0 Å². The molecular formula is C7H7FN2O. The second-order valence-electron chi connectivity index (χ2n) is 1.85. The summed E-state index contributed by atoms with van der Waals surface area (Å²) in [6.07, 6.45) is 2.60. The summed E-state index contributed by atoms with van der Waals surface area (Å²) in [5.41, 5.74) is 0.130. The molecule has 1 aromatic rings. The number of aromatic nitrogens is 2. The number of ether oxygens (including phenoxy) is 1. The first-order valence-corrected chi connectivity index (χ1v) is 2.95. The zero-order chi connectivity index (χ0) is 8.27. The largest absolute Gasteiger partial charge is 0.480 e. The Kier molecular flexibility index (Phi) is 2.15. The van der Waals surface area contributed by atoms with Crippen molar-refractivity contribution in [3.8, 4) is 5.88 Å². The fraction of sp³-hybridized carbons (Fsp3) is 0.143. The van der Waals surface area contributed by atoms with Crippen LogP contribution < -0.4 is 4.74 Å². The van der Waals surface area contributed by atoms with Gasteiger partial charge in [-0.1, -0.05) is 6.58 Å². The number of hydrogen-bond donors (Lipinski definition) is 0. The van der Waals surface area contributed by atoms with Crippen LogP contribution in [0.5, 0.6) is 5.88 Å². The molecule has 0 spiro atoms. The van der Waals surface area contributed by atoms with E-state index in [1.54, 1.807) is 0 Å². The van der Waals surface area contributed by atoms with Crippen molar-refractivity contribution < 1.29 is 9.13 Å². The van der Waals surface area contributed by atoms with Crippen molar-refractivity contribution in [3.05, 3.63) is 24.7 Å². The van der Waals surface area contributed by atoms with E-state index in [1.807, 2.05) is 0 Å². The van der Waals surface area contributed by atoms with Crippen LogP contribution in [-0.4, -0.2) is 17.1 Å². The van der Waals surface area contributed by atoms with E-state index in [0.717, 1.165) is 0 Å². The van der Waals surface area contributed by atoms with Gasteiger partial charge in [0, 0.05) is 0 Å². The Hall–Kier alpha value is -1.45. The molecule has 0 aliphatic carbocycles. The first-order chi connectivity index (χ1) is 5.24. The van der Waals surface area contributed by atoms with E-state index in [0.29, 0.717) is 5.88 Å². The normalized spacial score (nSPS) is 9.27. The van der Waals surface area contributed by atoms with Crippen LogP contribution in [0.15, 0.2) is 19.0 Å². The highest BCUT2D eigenvalue weighted by Gasteiger charge is 1.98. The SMILES string of the molecule is C=C(F)c1cnc(OC)cn1. The van der Waals surface area contributed by atoms with Gasteiger partial charge in [-0.15, -0.1) is 0 Å². The molecule has 0 N–H and O–H groups in total. The summed E-state index contributed by atoms with van der Waals surface area (Å²) in [6.45, 7) is 3.07. The Morgan fingerprint density at radius 2 is 2.27 bits per heavy atom. The van der Waals surface area contributed by atoms with Crippen molar-refractivity contribution in [3.63, 3.8) is 0 Å². The maximum atomic E-state index is 12.3. The summed E-state index contributed by atoms with van der Waals surface area (Å²) in [5.74, 6) is -0.241. The quantitative estimate of drug-likeness (QED) is 0.646. The van der Waals surface area contributed by atoms with E-state index in [2.05, 4.69) is 16.5 Å². The molecule has 0 amide bonds. The van der Waals surface area contributed by atoms with Gasteiger partial charge in [0.15, 0.2) is 0 Å². The molecule has 0 atom stereocenters. The molecule has 0 radical (unpaired) electrons. The first-order valence-electron chi connectivity index (χ1n) is 2.95. The van der Waals surface area contributed by atoms with Gasteiger partial charge in [0.05, 0.1) is 19.5 Å². The van der Waals surface area contributed by atoms with Crippen molar-refractivity contribution in [2.24, 2.45) is 0 Å². The molecule has 4 heteroatoms. The lowest BCUT2D eigenvalue weighted by atomic mass is 10.4. The second kappa shape index (κ2) is 3.09. The lowest BCUT2D eigenvalue weighted by Gasteiger charge is -1.97. The minimum Gasteiger partial charge on any atom is -0.480 e. The van der Waals surface area contributed by atoms with Gasteiger partial charge in [0.2, 0.25) is 5.88 Å². The molecule has 1 rings (SSSR count). The average Bonchev–Trinajstić information content (AvgIpc) is 2.05. The average molecular weight is 154 g/mol. The van der Waals surface area contributed by atoms with Crippen molar-refractivity contribution in [2.75, 3.05) is 7.11 Å². The van der Waals surface area contributed by atoms with Crippen LogP contribution in [0.4, 0.5) is 4.39 Å². The summed E-state index contributed by atoms with van der Waals surface area (Å²) in [4.78, 5) is 7.42. The van der Waals surface area contributed by atoms with Crippen molar-refractivity contribution in [2.45, 2.75) is 0 Å². The molecule has 0 aliphatic heterocycles. The smallest absolute Gasteiger partial charge is 0.232 e. The van der Waals surface area contributed by atoms with E-state index in [-0.39, 0.29) is 5.69 Å². The number of halogens is 1. The molecule has 3 nitrogen and oxygen atoms in total. The minimum absolute atomic E-state index is 0.130. The van der Waals surface area contributed by atoms with Gasteiger partial charge in [-0.05, 0) is 0 Å². The van der Waals surface area contributed by atoms with Crippen LogP contribution in [0.1, 0.15) is 5.69 Å². The minimum atomic E-state index is -0.597. The van der Waals surface area contributed by atoms with Crippen LogP contribution in [0.2, 0.25) is 0 Å². The number of methoxy groups -OCH3 is 1. The molecule has 1 aromatic heterocycles. The Morgan fingerprint density at radius 1 is 1.55 bits per heavy atom. The molecule has 0 unspecified atom stereocenters. The molecule has 58 valence electrons. The van der Waals surface area contributed by atoms with Crippen molar-refractivity contribution in [1.82, 2.24) is 9.97 Å². The predicted octanol–water partition coefficient (Wildman–Crippen LogP) is 1.43. The molecule has 11 heavy (non-hydrogen) atoms. The monoisotopic (exact) mass is 154 g/mol. The number of nitrogens with zero attached hydrogens (tertiary/aromatic N) is 2. The number of hydrogen-bond acceptors (Lipinski definition) is 3. The summed E-state index contributed by atoms with van der Waals surface area (Å²) >= 11 is 0. The molecule has 1 heterocycles. The Labute approximate surface area is 63.6 Å². The highest BCUT2D eigenvalue weighted by atomic mass is 19.1. The van der Waals surface area contributed by atoms with Crippen molar-refractivity contribution >= 4 is 5.83 Å². The Balaban J connectivity index is 2.91. The van der Waals surface area contributed by atoms with Crippen LogP contribution in [0.25, 0.3) is 5.83 Å². The van der Waals surface area contributed by atoms with Gasteiger partial charge in [-0.2, -0.15) is 0 Å². The summed E-state index contributed by atoms with van der Waals surface area (Å²) in [5, 5.41) is 0. The zero-order valence-electron chi connectivity index (χ0n) is 6.04. The molecule has 0 saturated heterocycles. The number of rotatable bonds is 2. The van der Waals surface area contributed by atoms with E-state index in [1.165, 1.54) is 19.5 Å². The fourth-order valence-corrected chi connectivity index (χ4v) is 0.562.